The van der Waals surface area contributed by atoms with Gasteiger partial charge in [0.05, 0.1) is 5.69 Å². The molecule has 9 heteroatoms. The number of carbonyl (C=O) groups is 2. The van der Waals surface area contributed by atoms with Crippen molar-refractivity contribution >= 4 is 45.6 Å². The fraction of sp³-hybridized carbons (Fsp3) is 0.353. The minimum Gasteiger partial charge on any atom is -0.482 e. The highest BCUT2D eigenvalue weighted by molar-refractivity contribution is 7.13. The van der Waals surface area contributed by atoms with Crippen LogP contribution in [0.1, 0.15) is 0 Å². The van der Waals surface area contributed by atoms with Crippen LogP contribution in [0.5, 0.6) is 5.75 Å². The lowest BCUT2D eigenvalue weighted by molar-refractivity contribution is -0.132. The van der Waals surface area contributed by atoms with Crippen molar-refractivity contribution in [1.29, 1.82) is 0 Å². The molecule has 1 saturated heterocycles. The Hall–Kier alpha value is -2.32. The number of aromatic nitrogens is 1. The van der Waals surface area contributed by atoms with E-state index in [0.717, 1.165) is 18.2 Å². The maximum atomic E-state index is 12.7. The largest absolute Gasteiger partial charge is 0.482 e. The summed E-state index contributed by atoms with van der Waals surface area (Å²) in [5.74, 6) is 0.245. The molecule has 0 radical (unpaired) electrons. The number of halogens is 1. The van der Waals surface area contributed by atoms with Crippen molar-refractivity contribution in [2.45, 2.75) is 0 Å². The summed E-state index contributed by atoms with van der Waals surface area (Å²) in [6.07, 6.45) is 1.78. The van der Waals surface area contributed by atoms with Gasteiger partial charge in [-0.3, -0.25) is 14.5 Å². The molecular weight excluding hydrogens is 376 g/mol. The van der Waals surface area contributed by atoms with Gasteiger partial charge in [-0.15, -0.1) is 11.3 Å². The van der Waals surface area contributed by atoms with Gasteiger partial charge in [-0.25, -0.2) is 4.98 Å². The van der Waals surface area contributed by atoms with Crippen LogP contribution in [0.15, 0.2) is 29.8 Å². The van der Waals surface area contributed by atoms with E-state index in [1.807, 2.05) is 5.38 Å². The van der Waals surface area contributed by atoms with Crippen LogP contribution in [0.4, 0.5) is 10.8 Å². The Balaban J connectivity index is 1.42. The third-order valence-corrected chi connectivity index (χ3v) is 5.55. The highest BCUT2D eigenvalue weighted by Gasteiger charge is 2.30. The van der Waals surface area contributed by atoms with Crippen LogP contribution in [0.2, 0.25) is 5.02 Å². The van der Waals surface area contributed by atoms with Crippen molar-refractivity contribution in [2.75, 3.05) is 49.1 Å². The van der Waals surface area contributed by atoms with Crippen molar-refractivity contribution in [2.24, 2.45) is 0 Å². The Morgan fingerprint density at radius 1 is 1.27 bits per heavy atom. The van der Waals surface area contributed by atoms with Crippen LogP contribution in [-0.4, -0.2) is 61.0 Å². The molecule has 0 N–H and O–H groups in total. The number of hydrogen-bond donors (Lipinski definition) is 0. The molecule has 136 valence electrons. The fourth-order valence-electron chi connectivity index (χ4n) is 3.10. The molecule has 4 rings (SSSR count). The van der Waals surface area contributed by atoms with Crippen LogP contribution >= 0.6 is 22.9 Å². The Bertz CT molecular complexity index is 821. The van der Waals surface area contributed by atoms with Crippen LogP contribution in [0.25, 0.3) is 0 Å². The van der Waals surface area contributed by atoms with Crippen molar-refractivity contribution in [1.82, 2.24) is 9.88 Å². The number of rotatable bonds is 3. The molecule has 7 nitrogen and oxygen atoms in total. The second kappa shape index (κ2) is 7.13. The van der Waals surface area contributed by atoms with E-state index in [1.54, 1.807) is 40.6 Å². The molecule has 0 atom stereocenters. The van der Waals surface area contributed by atoms with Gasteiger partial charge in [-0.2, -0.15) is 0 Å². The molecule has 2 aromatic rings. The molecule has 0 unspecified atom stereocenters. The Kier molecular flexibility index (Phi) is 4.69. The first-order valence-corrected chi connectivity index (χ1v) is 9.52. The lowest BCUT2D eigenvalue weighted by Gasteiger charge is -2.36. The Morgan fingerprint density at radius 2 is 2.08 bits per heavy atom. The monoisotopic (exact) mass is 392 g/mol. The number of hydrogen-bond acceptors (Lipinski definition) is 6. The van der Waals surface area contributed by atoms with Crippen molar-refractivity contribution in [3.63, 3.8) is 0 Å². The number of piperazine rings is 1. The lowest BCUT2D eigenvalue weighted by atomic mass is 10.2. The summed E-state index contributed by atoms with van der Waals surface area (Å²) in [7, 11) is 0. The van der Waals surface area contributed by atoms with E-state index in [0.29, 0.717) is 29.5 Å². The second-order valence-corrected chi connectivity index (χ2v) is 7.37. The van der Waals surface area contributed by atoms with Crippen molar-refractivity contribution in [3.05, 3.63) is 34.8 Å². The SMILES string of the molecule is O=C(CN1C(=O)COc2ccc(Cl)cc21)N1CCN(c2nccs2)CC1. The molecule has 2 amide bonds. The van der Waals surface area contributed by atoms with Crippen LogP contribution in [-0.2, 0) is 9.59 Å². The standard InChI is InChI=1S/C17H17ClN4O3S/c18-12-1-2-14-13(9-12)22(16(24)11-25-14)10-15(23)20-4-6-21(7-5-20)17-19-3-8-26-17/h1-3,8-9H,4-7,10-11H2. The molecule has 1 aromatic heterocycles. The summed E-state index contributed by atoms with van der Waals surface area (Å²) in [6, 6.07) is 5.07. The molecule has 0 saturated carbocycles. The summed E-state index contributed by atoms with van der Waals surface area (Å²) < 4.78 is 5.42. The summed E-state index contributed by atoms with van der Waals surface area (Å²) in [5, 5.41) is 3.42. The highest BCUT2D eigenvalue weighted by Crippen LogP contribution is 2.34. The van der Waals surface area contributed by atoms with Gasteiger partial charge in [0.2, 0.25) is 5.91 Å². The number of anilines is 2. The zero-order valence-electron chi connectivity index (χ0n) is 13.9. The minimum absolute atomic E-state index is 0.00716. The van der Waals surface area contributed by atoms with Gasteiger partial charge in [-0.1, -0.05) is 11.6 Å². The van der Waals surface area contributed by atoms with E-state index in [4.69, 9.17) is 16.3 Å². The maximum Gasteiger partial charge on any atom is 0.265 e. The Morgan fingerprint density at radius 3 is 2.81 bits per heavy atom. The lowest BCUT2D eigenvalue weighted by Crippen LogP contribution is -2.53. The molecule has 0 bridgehead atoms. The van der Waals surface area contributed by atoms with Crippen molar-refractivity contribution in [3.8, 4) is 5.75 Å². The number of fused-ring (bicyclic) bond motifs is 1. The van der Waals surface area contributed by atoms with E-state index in [-0.39, 0.29) is 25.0 Å². The molecule has 1 aromatic carbocycles. The average molecular weight is 393 g/mol. The van der Waals surface area contributed by atoms with Gasteiger partial charge in [-0.05, 0) is 18.2 Å². The number of carbonyl (C=O) groups excluding carboxylic acids is 2. The van der Waals surface area contributed by atoms with E-state index in [1.165, 1.54) is 4.90 Å². The normalized spacial score (nSPS) is 17.1. The van der Waals surface area contributed by atoms with Gasteiger partial charge in [0, 0.05) is 42.8 Å². The van der Waals surface area contributed by atoms with E-state index >= 15 is 0 Å². The summed E-state index contributed by atoms with van der Waals surface area (Å²) in [4.78, 5) is 34.7. The maximum absolute atomic E-state index is 12.7. The molecule has 2 aliphatic heterocycles. The number of nitrogens with zero attached hydrogens (tertiary/aromatic N) is 4. The molecule has 3 heterocycles. The number of ether oxygens (including phenoxy) is 1. The number of thiazole rings is 1. The first-order valence-electron chi connectivity index (χ1n) is 8.27. The average Bonchev–Trinajstić information content (AvgIpc) is 3.19. The molecule has 26 heavy (non-hydrogen) atoms. The smallest absolute Gasteiger partial charge is 0.265 e. The van der Waals surface area contributed by atoms with Crippen molar-refractivity contribution < 1.29 is 14.3 Å². The zero-order valence-corrected chi connectivity index (χ0v) is 15.5. The highest BCUT2D eigenvalue weighted by atomic mass is 35.5. The number of amides is 2. The van der Waals surface area contributed by atoms with E-state index < -0.39 is 0 Å². The predicted molar refractivity (Wildman–Crippen MR) is 100 cm³/mol. The quantitative estimate of drug-likeness (QED) is 0.797. The van der Waals surface area contributed by atoms with E-state index in [2.05, 4.69) is 9.88 Å². The van der Waals surface area contributed by atoms with Gasteiger partial charge >= 0.3 is 0 Å². The fourth-order valence-corrected chi connectivity index (χ4v) is 3.97. The zero-order chi connectivity index (χ0) is 18.1. The topological polar surface area (TPSA) is 66.0 Å². The molecule has 1 fully saturated rings. The van der Waals surface area contributed by atoms with Gasteiger partial charge in [0.1, 0.15) is 12.3 Å². The third kappa shape index (κ3) is 3.34. The van der Waals surface area contributed by atoms with Crippen LogP contribution in [0.3, 0.4) is 0 Å². The second-order valence-electron chi connectivity index (χ2n) is 6.06. The first kappa shape index (κ1) is 17.1. The van der Waals surface area contributed by atoms with Crippen LogP contribution in [0, 0.1) is 0 Å². The number of benzene rings is 1. The predicted octanol–water partition coefficient (Wildman–Crippen LogP) is 1.87. The van der Waals surface area contributed by atoms with Crippen LogP contribution < -0.4 is 14.5 Å². The molecular formula is C17H17ClN4O3S. The molecule has 0 aliphatic carbocycles. The van der Waals surface area contributed by atoms with Gasteiger partial charge in [0.15, 0.2) is 11.7 Å². The minimum atomic E-state index is -0.241. The van der Waals surface area contributed by atoms with Gasteiger partial charge in [0.25, 0.3) is 5.91 Å². The molecule has 0 spiro atoms. The first-order chi connectivity index (χ1) is 12.6. The van der Waals surface area contributed by atoms with Gasteiger partial charge < -0.3 is 14.5 Å². The third-order valence-electron chi connectivity index (χ3n) is 4.48. The Labute approximate surface area is 159 Å². The van der Waals surface area contributed by atoms with E-state index in [9.17, 15) is 9.59 Å². The summed E-state index contributed by atoms with van der Waals surface area (Å²) in [5.41, 5.74) is 0.545. The summed E-state index contributed by atoms with van der Waals surface area (Å²) >= 11 is 7.63. The summed E-state index contributed by atoms with van der Waals surface area (Å²) in [6.45, 7) is 2.61. The molecule has 2 aliphatic rings.